The lowest BCUT2D eigenvalue weighted by Gasteiger charge is -2.07. The molecular formula is C31H22N3O+. The van der Waals surface area contributed by atoms with Crippen LogP contribution in [0.5, 0.6) is 0 Å². The lowest BCUT2D eigenvalue weighted by Crippen LogP contribution is -2.30. The molecule has 3 aromatic carbocycles. The summed E-state index contributed by atoms with van der Waals surface area (Å²) in [7, 11) is 2.03. The summed E-state index contributed by atoms with van der Waals surface area (Å²) in [5, 5.41) is 10.9. The number of aryl methyl sites for hydroxylation is 2. The summed E-state index contributed by atoms with van der Waals surface area (Å²) >= 11 is 0. The Balaban J connectivity index is 1.61. The first-order chi connectivity index (χ1) is 17.2. The summed E-state index contributed by atoms with van der Waals surface area (Å²) in [6, 6.07) is 31.1. The molecule has 4 heteroatoms. The molecule has 0 fully saturated rings. The monoisotopic (exact) mass is 452 g/mol. The second-order valence-corrected chi connectivity index (χ2v) is 8.71. The number of nitriles is 1. The highest BCUT2D eigenvalue weighted by Crippen LogP contribution is 2.41. The van der Waals surface area contributed by atoms with E-state index in [-0.39, 0.29) is 0 Å². The van der Waals surface area contributed by atoms with Gasteiger partial charge in [0.15, 0.2) is 17.4 Å². The van der Waals surface area contributed by atoms with Gasteiger partial charge in [-0.15, -0.1) is 0 Å². The van der Waals surface area contributed by atoms with E-state index in [1.165, 1.54) is 0 Å². The molecule has 0 N–H and O–H groups in total. The molecule has 3 heterocycles. The van der Waals surface area contributed by atoms with Gasteiger partial charge in [0.1, 0.15) is 18.6 Å². The van der Waals surface area contributed by atoms with Crippen molar-refractivity contribution in [2.45, 2.75) is 6.92 Å². The Bertz CT molecular complexity index is 1760. The van der Waals surface area contributed by atoms with Gasteiger partial charge >= 0.3 is 0 Å². The second-order valence-electron chi connectivity index (χ2n) is 8.71. The Labute approximate surface area is 203 Å². The number of nitrogens with zero attached hydrogens (tertiary/aromatic N) is 3. The highest BCUT2D eigenvalue weighted by Gasteiger charge is 2.23. The van der Waals surface area contributed by atoms with E-state index in [0.717, 1.165) is 55.6 Å². The lowest BCUT2D eigenvalue weighted by atomic mass is 9.97. The summed E-state index contributed by atoms with van der Waals surface area (Å²) in [6.45, 7) is 2.09. The van der Waals surface area contributed by atoms with Gasteiger partial charge in [0.25, 0.3) is 0 Å². The van der Waals surface area contributed by atoms with Crippen LogP contribution in [0.2, 0.25) is 0 Å². The average Bonchev–Trinajstić information content (AvgIpc) is 3.28. The zero-order chi connectivity index (χ0) is 23.9. The molecule has 0 aliphatic carbocycles. The van der Waals surface area contributed by atoms with Crippen LogP contribution in [0.1, 0.15) is 11.1 Å². The Morgan fingerprint density at radius 2 is 1.49 bits per heavy atom. The predicted molar refractivity (Wildman–Crippen MR) is 138 cm³/mol. The summed E-state index contributed by atoms with van der Waals surface area (Å²) in [5.41, 5.74) is 9.86. The standard InChI is InChI=1S/C31H22N3O/c1-20-11-16-25-29-31(35-30(25)27(20)26-10-6-7-17-34(26)2)28(24(18-32)19-33-29)23-14-12-22(13-15-23)21-8-4-3-5-9-21/h3-17,19H,1-2H3/q+1. The molecule has 0 spiro atoms. The van der Waals surface area contributed by atoms with Crippen molar-refractivity contribution in [3.63, 3.8) is 0 Å². The van der Waals surface area contributed by atoms with Gasteiger partial charge in [0.05, 0.1) is 11.1 Å². The number of pyridine rings is 2. The van der Waals surface area contributed by atoms with Crippen LogP contribution in [0.4, 0.5) is 0 Å². The number of rotatable bonds is 3. The Morgan fingerprint density at radius 1 is 0.771 bits per heavy atom. The van der Waals surface area contributed by atoms with Gasteiger partial charge in [0.2, 0.25) is 5.69 Å². The van der Waals surface area contributed by atoms with Crippen LogP contribution in [-0.2, 0) is 7.05 Å². The first kappa shape index (κ1) is 20.8. The minimum Gasteiger partial charge on any atom is -0.453 e. The maximum Gasteiger partial charge on any atom is 0.216 e. The second kappa shape index (κ2) is 8.23. The van der Waals surface area contributed by atoms with Gasteiger partial charge in [-0.05, 0) is 41.3 Å². The highest BCUT2D eigenvalue weighted by molar-refractivity contribution is 6.12. The lowest BCUT2D eigenvalue weighted by molar-refractivity contribution is -0.660. The van der Waals surface area contributed by atoms with Crippen LogP contribution >= 0.6 is 0 Å². The fourth-order valence-electron chi connectivity index (χ4n) is 4.79. The first-order valence-corrected chi connectivity index (χ1v) is 11.5. The van der Waals surface area contributed by atoms with Gasteiger partial charge in [-0.3, -0.25) is 4.98 Å². The van der Waals surface area contributed by atoms with Gasteiger partial charge in [-0.2, -0.15) is 5.26 Å². The fourth-order valence-corrected chi connectivity index (χ4v) is 4.79. The smallest absolute Gasteiger partial charge is 0.216 e. The van der Waals surface area contributed by atoms with Crippen molar-refractivity contribution in [3.8, 4) is 39.6 Å². The minimum absolute atomic E-state index is 0.493. The molecule has 3 aromatic heterocycles. The highest BCUT2D eigenvalue weighted by atomic mass is 16.3. The van der Waals surface area contributed by atoms with Crippen molar-refractivity contribution >= 4 is 22.1 Å². The molecule has 0 saturated heterocycles. The Kier molecular flexibility index (Phi) is 4.90. The maximum absolute atomic E-state index is 9.92. The first-order valence-electron chi connectivity index (χ1n) is 11.5. The number of fused-ring (bicyclic) bond motifs is 3. The van der Waals surface area contributed by atoms with Gasteiger partial charge < -0.3 is 4.42 Å². The van der Waals surface area contributed by atoms with Crippen molar-refractivity contribution in [1.29, 1.82) is 5.26 Å². The van der Waals surface area contributed by atoms with E-state index in [4.69, 9.17) is 4.42 Å². The number of aromatic nitrogens is 2. The summed E-state index contributed by atoms with van der Waals surface area (Å²) in [5.74, 6) is 0. The molecule has 0 atom stereocenters. The molecule has 6 aromatic rings. The van der Waals surface area contributed by atoms with Crippen LogP contribution in [0.25, 0.3) is 55.6 Å². The maximum atomic E-state index is 9.92. The van der Waals surface area contributed by atoms with Gasteiger partial charge in [-0.25, -0.2) is 4.57 Å². The summed E-state index contributed by atoms with van der Waals surface area (Å²) in [4.78, 5) is 4.66. The van der Waals surface area contributed by atoms with Crippen LogP contribution in [0, 0.1) is 18.3 Å². The molecule has 0 amide bonds. The molecule has 0 bridgehead atoms. The van der Waals surface area contributed by atoms with E-state index in [1.807, 2.05) is 43.6 Å². The van der Waals surface area contributed by atoms with Crippen molar-refractivity contribution in [2.75, 3.05) is 0 Å². The molecular weight excluding hydrogens is 430 g/mol. The van der Waals surface area contributed by atoms with Crippen LogP contribution in [0.3, 0.4) is 0 Å². The van der Waals surface area contributed by atoms with Gasteiger partial charge in [0, 0.05) is 29.3 Å². The largest absolute Gasteiger partial charge is 0.453 e. The molecule has 166 valence electrons. The SMILES string of the molecule is Cc1ccc2c(oc3c(-c4ccc(-c5ccccc5)cc4)c(C#N)cnc32)c1-c1cccc[n+]1C. The van der Waals surface area contributed by atoms with Crippen LogP contribution < -0.4 is 4.57 Å². The Hall–Kier alpha value is -4.75. The molecule has 0 unspecified atom stereocenters. The number of hydrogen-bond acceptors (Lipinski definition) is 3. The van der Waals surface area contributed by atoms with E-state index in [2.05, 4.69) is 77.1 Å². The van der Waals surface area contributed by atoms with E-state index >= 15 is 0 Å². The average molecular weight is 453 g/mol. The fraction of sp³-hybridized carbons (Fsp3) is 0.0645. The molecule has 0 radical (unpaired) electrons. The number of benzene rings is 3. The normalized spacial score (nSPS) is 11.1. The van der Waals surface area contributed by atoms with E-state index in [1.54, 1.807) is 6.20 Å². The van der Waals surface area contributed by atoms with Crippen molar-refractivity contribution in [1.82, 2.24) is 4.98 Å². The van der Waals surface area contributed by atoms with Crippen molar-refractivity contribution < 1.29 is 8.98 Å². The molecule has 35 heavy (non-hydrogen) atoms. The van der Waals surface area contributed by atoms with Crippen molar-refractivity contribution in [3.05, 3.63) is 108 Å². The number of hydrogen-bond donors (Lipinski definition) is 0. The molecule has 4 nitrogen and oxygen atoms in total. The van der Waals surface area contributed by atoms with Crippen LogP contribution in [0.15, 0.2) is 102 Å². The van der Waals surface area contributed by atoms with E-state index < -0.39 is 0 Å². The zero-order valence-electron chi connectivity index (χ0n) is 19.5. The molecule has 0 aliphatic heterocycles. The topological polar surface area (TPSA) is 53.7 Å². The van der Waals surface area contributed by atoms with E-state index in [0.29, 0.717) is 11.1 Å². The minimum atomic E-state index is 0.493. The van der Waals surface area contributed by atoms with Crippen LogP contribution in [-0.4, -0.2) is 4.98 Å². The van der Waals surface area contributed by atoms with Crippen molar-refractivity contribution in [2.24, 2.45) is 7.05 Å². The summed E-state index contributed by atoms with van der Waals surface area (Å²) < 4.78 is 8.68. The molecule has 0 aliphatic rings. The molecule has 6 rings (SSSR count). The zero-order valence-corrected chi connectivity index (χ0v) is 19.5. The van der Waals surface area contributed by atoms with Gasteiger partial charge in [-0.1, -0.05) is 60.7 Å². The predicted octanol–water partition coefficient (Wildman–Crippen LogP) is 6.99. The third-order valence-electron chi connectivity index (χ3n) is 6.57. The quantitative estimate of drug-likeness (QED) is 0.272. The Morgan fingerprint density at radius 3 is 2.23 bits per heavy atom. The number of furan rings is 1. The summed E-state index contributed by atoms with van der Waals surface area (Å²) in [6.07, 6.45) is 3.68. The third-order valence-corrected chi connectivity index (χ3v) is 6.57. The third kappa shape index (κ3) is 3.37. The molecule has 0 saturated carbocycles. The van der Waals surface area contributed by atoms with E-state index in [9.17, 15) is 5.26 Å².